The van der Waals surface area contributed by atoms with Crippen LogP contribution in [0.2, 0.25) is 0 Å². The van der Waals surface area contributed by atoms with Crippen LogP contribution in [-0.2, 0) is 13.5 Å². The number of carboxylic acid groups (broad SMARTS) is 1. The zero-order valence-corrected chi connectivity index (χ0v) is 22.5. The second-order valence-corrected chi connectivity index (χ2v) is 11.1. The van der Waals surface area contributed by atoms with Crippen LogP contribution in [0.15, 0.2) is 60.9 Å². The van der Waals surface area contributed by atoms with E-state index in [1.807, 2.05) is 37.5 Å². The van der Waals surface area contributed by atoms with Gasteiger partial charge in [-0.1, -0.05) is 48.7 Å². The minimum atomic E-state index is -0.957. The second kappa shape index (κ2) is 10.7. The molecule has 2 aromatic carbocycles. The Balaban J connectivity index is 1.24. The number of rotatable bonds is 9. The highest BCUT2D eigenvalue weighted by Gasteiger charge is 2.41. The molecule has 2 aliphatic carbocycles. The number of aromatic nitrogens is 5. The van der Waals surface area contributed by atoms with E-state index >= 15 is 0 Å². The molecule has 6 rings (SSSR count). The highest BCUT2D eigenvalue weighted by Crippen LogP contribution is 2.48. The summed E-state index contributed by atoms with van der Waals surface area (Å²) in [4.78, 5) is 12.1. The van der Waals surface area contributed by atoms with E-state index in [1.54, 1.807) is 9.36 Å². The van der Waals surface area contributed by atoms with Gasteiger partial charge in [-0.3, -0.25) is 4.68 Å². The average Bonchev–Trinajstić information content (AvgIpc) is 3.36. The molecular weight excluding hydrogens is 490 g/mol. The molecule has 8 heteroatoms. The van der Waals surface area contributed by atoms with E-state index in [-0.39, 0.29) is 11.7 Å². The van der Waals surface area contributed by atoms with Crippen LogP contribution < -0.4 is 4.74 Å². The zero-order valence-electron chi connectivity index (χ0n) is 22.5. The molecule has 0 radical (unpaired) electrons. The zero-order chi connectivity index (χ0) is 26.9. The smallest absolute Gasteiger partial charge is 0.339 e. The Morgan fingerprint density at radius 1 is 1.10 bits per heavy atom. The summed E-state index contributed by atoms with van der Waals surface area (Å²) in [6.07, 6.45) is 11.6. The van der Waals surface area contributed by atoms with Crippen molar-refractivity contribution in [3.63, 3.8) is 0 Å². The summed E-state index contributed by atoms with van der Waals surface area (Å²) < 4.78 is 9.87. The molecule has 2 fully saturated rings. The fraction of sp³-hybridized carbons (Fsp3) is 0.419. The van der Waals surface area contributed by atoms with Gasteiger partial charge in [-0.05, 0) is 79.8 Å². The Morgan fingerprint density at radius 2 is 1.87 bits per heavy atom. The number of ether oxygens (including phenoxy) is 1. The molecule has 202 valence electrons. The maximum atomic E-state index is 12.1. The van der Waals surface area contributed by atoms with Gasteiger partial charge in [0.05, 0.1) is 29.4 Å². The van der Waals surface area contributed by atoms with Crippen LogP contribution in [0.3, 0.4) is 0 Å². The summed E-state index contributed by atoms with van der Waals surface area (Å²) >= 11 is 0. The Kier molecular flexibility index (Phi) is 6.94. The second-order valence-electron chi connectivity index (χ2n) is 11.1. The molecule has 2 saturated carbocycles. The number of nitrogens with zero attached hydrogens (tertiary/aromatic N) is 5. The molecule has 39 heavy (non-hydrogen) atoms. The van der Waals surface area contributed by atoms with Gasteiger partial charge in [0, 0.05) is 19.2 Å². The van der Waals surface area contributed by atoms with Crippen LogP contribution >= 0.6 is 0 Å². The van der Waals surface area contributed by atoms with Crippen molar-refractivity contribution in [1.82, 2.24) is 24.8 Å². The number of hydrogen-bond acceptors (Lipinski definition) is 5. The van der Waals surface area contributed by atoms with Gasteiger partial charge in [0.2, 0.25) is 0 Å². The lowest BCUT2D eigenvalue weighted by Gasteiger charge is -2.28. The van der Waals surface area contributed by atoms with Crippen LogP contribution in [0.1, 0.15) is 73.1 Å². The minimum absolute atomic E-state index is 0.195. The van der Waals surface area contributed by atoms with Crippen molar-refractivity contribution in [3.05, 3.63) is 77.9 Å². The topological polar surface area (TPSA) is 95.1 Å². The Morgan fingerprint density at radius 3 is 2.62 bits per heavy atom. The lowest BCUT2D eigenvalue weighted by Crippen LogP contribution is -2.25. The molecule has 2 aliphatic rings. The van der Waals surface area contributed by atoms with Crippen LogP contribution in [0.25, 0.3) is 16.8 Å². The van der Waals surface area contributed by atoms with Crippen LogP contribution in [0.5, 0.6) is 5.75 Å². The first-order valence-electron chi connectivity index (χ1n) is 14.0. The van der Waals surface area contributed by atoms with E-state index in [2.05, 4.69) is 46.6 Å². The Bertz CT molecular complexity index is 1470. The molecule has 0 saturated heterocycles. The summed E-state index contributed by atoms with van der Waals surface area (Å²) in [5, 5.41) is 22.7. The molecule has 0 bridgehead atoms. The highest BCUT2D eigenvalue weighted by atomic mass is 16.5. The van der Waals surface area contributed by atoms with Crippen LogP contribution in [0.4, 0.5) is 0 Å². The first-order chi connectivity index (χ1) is 19.0. The molecule has 1 unspecified atom stereocenters. The molecular formula is C31H35N5O3. The largest absolute Gasteiger partial charge is 0.490 e. The molecule has 2 aromatic heterocycles. The number of aryl methyl sites for hydroxylation is 1. The van der Waals surface area contributed by atoms with Crippen LogP contribution in [-0.4, -0.2) is 42.0 Å². The van der Waals surface area contributed by atoms with Gasteiger partial charge in [-0.2, -0.15) is 5.10 Å². The fourth-order valence-corrected chi connectivity index (χ4v) is 6.07. The number of benzene rings is 2. The highest BCUT2D eigenvalue weighted by molar-refractivity contribution is 5.89. The fourth-order valence-electron chi connectivity index (χ4n) is 6.07. The van der Waals surface area contributed by atoms with Crippen molar-refractivity contribution < 1.29 is 14.6 Å². The van der Waals surface area contributed by atoms with Gasteiger partial charge >= 0.3 is 5.97 Å². The van der Waals surface area contributed by atoms with Gasteiger partial charge < -0.3 is 9.84 Å². The quantitative estimate of drug-likeness (QED) is 0.285. The maximum absolute atomic E-state index is 12.1. The summed E-state index contributed by atoms with van der Waals surface area (Å²) in [6, 6.07) is 16.4. The molecule has 2 heterocycles. The van der Waals surface area contributed by atoms with Crippen molar-refractivity contribution in [3.8, 4) is 22.6 Å². The van der Waals surface area contributed by atoms with Crippen LogP contribution in [0, 0.1) is 11.8 Å². The Labute approximate surface area is 228 Å². The van der Waals surface area contributed by atoms with Gasteiger partial charge in [0.25, 0.3) is 0 Å². The van der Waals surface area contributed by atoms with Crippen molar-refractivity contribution >= 4 is 5.97 Å². The SMILES string of the molecule is C[C@H](Oc1cccc(-c2cccc(-n3ncc(C(=O)O)c3CC3C[C@H]3c3cn(C)nn3)c2)c1)C1CCCCC1. The molecule has 0 aliphatic heterocycles. The summed E-state index contributed by atoms with van der Waals surface area (Å²) in [5.41, 5.74) is 4.86. The number of aromatic carboxylic acids is 1. The molecule has 1 N–H and O–H groups in total. The minimum Gasteiger partial charge on any atom is -0.490 e. The van der Waals surface area contributed by atoms with Crippen molar-refractivity contribution in [2.45, 2.75) is 63.9 Å². The van der Waals surface area contributed by atoms with Gasteiger partial charge in [-0.25, -0.2) is 9.48 Å². The summed E-state index contributed by atoms with van der Waals surface area (Å²) in [7, 11) is 1.86. The monoisotopic (exact) mass is 525 g/mol. The predicted octanol–water partition coefficient (Wildman–Crippen LogP) is 6.06. The maximum Gasteiger partial charge on any atom is 0.339 e. The number of carbonyl (C=O) groups is 1. The van der Waals surface area contributed by atoms with Crippen molar-refractivity contribution in [2.75, 3.05) is 0 Å². The van der Waals surface area contributed by atoms with E-state index < -0.39 is 5.97 Å². The molecule has 4 aromatic rings. The van der Waals surface area contributed by atoms with E-state index in [1.165, 1.54) is 38.3 Å². The third kappa shape index (κ3) is 5.46. The first-order valence-corrected chi connectivity index (χ1v) is 14.0. The number of carboxylic acids is 1. The first kappa shape index (κ1) is 25.3. The lowest BCUT2D eigenvalue weighted by molar-refractivity contribution is 0.0695. The summed E-state index contributed by atoms with van der Waals surface area (Å²) in [5.74, 6) is 1.16. The van der Waals surface area contributed by atoms with Gasteiger partial charge in [0.1, 0.15) is 11.3 Å². The normalized spacial score (nSPS) is 20.1. The third-order valence-electron chi connectivity index (χ3n) is 8.37. The van der Waals surface area contributed by atoms with Crippen molar-refractivity contribution in [1.29, 1.82) is 0 Å². The lowest BCUT2D eigenvalue weighted by atomic mass is 9.86. The van der Waals surface area contributed by atoms with E-state index in [0.717, 1.165) is 40.4 Å². The molecule has 8 nitrogen and oxygen atoms in total. The van der Waals surface area contributed by atoms with Crippen molar-refractivity contribution in [2.24, 2.45) is 18.9 Å². The van der Waals surface area contributed by atoms with Gasteiger partial charge in [-0.15, -0.1) is 5.10 Å². The standard InChI is InChI=1S/C31H35N5O3/c1-20(21-8-4-3-5-9-21)39-26-13-7-11-23(15-26)22-10-6-12-25(14-22)36-30(28(18-32-36)31(37)38)17-24-16-27(24)29-19-35(2)34-33-29/h6-7,10-15,18-21,24,27H,3-5,8-9,16-17H2,1-2H3,(H,37,38)/t20-,24?,27+/m0/s1. The van der Waals surface area contributed by atoms with E-state index in [0.29, 0.717) is 24.2 Å². The predicted molar refractivity (Wildman–Crippen MR) is 148 cm³/mol. The third-order valence-corrected chi connectivity index (χ3v) is 8.37. The van der Waals surface area contributed by atoms with E-state index in [9.17, 15) is 9.90 Å². The van der Waals surface area contributed by atoms with E-state index in [4.69, 9.17) is 4.74 Å². The molecule has 0 spiro atoms. The average molecular weight is 526 g/mol. The van der Waals surface area contributed by atoms with Gasteiger partial charge in [0.15, 0.2) is 0 Å². The molecule has 0 amide bonds. The number of hydrogen-bond donors (Lipinski definition) is 1. The Hall–Kier alpha value is -3.94. The molecule has 3 atom stereocenters. The summed E-state index contributed by atoms with van der Waals surface area (Å²) in [6.45, 7) is 2.19.